The van der Waals surface area contributed by atoms with Crippen LogP contribution in [0.4, 0.5) is 0 Å². The third-order valence-electron chi connectivity index (χ3n) is 5.83. The van der Waals surface area contributed by atoms with E-state index in [1.54, 1.807) is 13.2 Å². The van der Waals surface area contributed by atoms with E-state index in [2.05, 4.69) is 34.5 Å². The van der Waals surface area contributed by atoms with E-state index >= 15 is 0 Å². The largest absolute Gasteiger partial charge is 0.504 e. The van der Waals surface area contributed by atoms with Gasteiger partial charge < -0.3 is 19.9 Å². The first-order chi connectivity index (χ1) is 15.2. The molecule has 0 aliphatic carbocycles. The van der Waals surface area contributed by atoms with Crippen LogP contribution in [-0.4, -0.2) is 49.9 Å². The second kappa shape index (κ2) is 13.2. The summed E-state index contributed by atoms with van der Waals surface area (Å²) in [7, 11) is 1.58. The second-order valence-electron chi connectivity index (χ2n) is 8.40. The molecular weight excluding hydrogens is 388 g/mol. The molecule has 170 valence electrons. The number of ether oxygens (including phenoxy) is 2. The third kappa shape index (κ3) is 8.42. The summed E-state index contributed by atoms with van der Waals surface area (Å²) in [5.41, 5.74) is 2.55. The van der Waals surface area contributed by atoms with Crippen molar-refractivity contribution in [2.75, 3.05) is 39.9 Å². The lowest BCUT2D eigenvalue weighted by atomic mass is 10.1. The van der Waals surface area contributed by atoms with Gasteiger partial charge in [0, 0.05) is 6.54 Å². The fourth-order valence-corrected chi connectivity index (χ4v) is 4.08. The zero-order valence-corrected chi connectivity index (χ0v) is 18.9. The minimum atomic E-state index is 0.198. The Morgan fingerprint density at radius 2 is 1.77 bits per heavy atom. The maximum atomic E-state index is 9.65. The number of aryl methyl sites for hydroxylation is 1. The van der Waals surface area contributed by atoms with Crippen LogP contribution in [-0.2, 0) is 13.0 Å². The molecule has 5 heteroatoms. The van der Waals surface area contributed by atoms with E-state index in [-0.39, 0.29) is 5.75 Å². The average Bonchev–Trinajstić information content (AvgIpc) is 2.80. The highest BCUT2D eigenvalue weighted by molar-refractivity contribution is 5.41. The molecular formula is C26H38N2O3. The van der Waals surface area contributed by atoms with Crippen LogP contribution >= 0.6 is 0 Å². The maximum absolute atomic E-state index is 9.65. The van der Waals surface area contributed by atoms with Gasteiger partial charge in [-0.2, -0.15) is 0 Å². The molecule has 0 atom stereocenters. The molecule has 1 fully saturated rings. The summed E-state index contributed by atoms with van der Waals surface area (Å²) >= 11 is 0. The van der Waals surface area contributed by atoms with Crippen LogP contribution in [0.5, 0.6) is 17.2 Å². The van der Waals surface area contributed by atoms with Crippen LogP contribution in [0.1, 0.15) is 49.7 Å². The third-order valence-corrected chi connectivity index (χ3v) is 5.83. The molecule has 0 unspecified atom stereocenters. The van der Waals surface area contributed by atoms with Gasteiger partial charge in [-0.25, -0.2) is 0 Å². The Bertz CT molecular complexity index is 775. The van der Waals surface area contributed by atoms with E-state index in [0.717, 1.165) is 57.7 Å². The van der Waals surface area contributed by atoms with E-state index in [4.69, 9.17) is 9.47 Å². The summed E-state index contributed by atoms with van der Waals surface area (Å²) in [4.78, 5) is 2.55. The number of benzene rings is 2. The molecule has 1 aliphatic rings. The Balaban J connectivity index is 1.23. The number of methoxy groups -OCH3 is 1. The molecule has 0 bridgehead atoms. The highest BCUT2D eigenvalue weighted by Gasteiger charge is 2.10. The molecule has 3 rings (SSSR count). The molecule has 2 aromatic carbocycles. The SMILES string of the molecule is COc1cc(CCCCNCCCOc2cccc(CN3CCCCC3)c2)ccc1O. The first kappa shape index (κ1) is 23.4. The van der Waals surface area contributed by atoms with Gasteiger partial charge in [-0.1, -0.05) is 24.6 Å². The fraction of sp³-hybridized carbons (Fsp3) is 0.538. The molecule has 1 aliphatic heterocycles. The highest BCUT2D eigenvalue weighted by atomic mass is 16.5. The van der Waals surface area contributed by atoms with E-state index in [0.29, 0.717) is 5.75 Å². The topological polar surface area (TPSA) is 54.0 Å². The van der Waals surface area contributed by atoms with Crippen LogP contribution in [0, 0.1) is 0 Å². The minimum absolute atomic E-state index is 0.198. The lowest BCUT2D eigenvalue weighted by Crippen LogP contribution is -2.29. The van der Waals surface area contributed by atoms with Gasteiger partial charge in [-0.3, -0.25) is 4.90 Å². The normalized spacial score (nSPS) is 14.5. The molecule has 2 N–H and O–H groups in total. The quantitative estimate of drug-likeness (QED) is 0.452. The summed E-state index contributed by atoms with van der Waals surface area (Å²) in [6.45, 7) is 6.21. The lowest BCUT2D eigenvalue weighted by Gasteiger charge is -2.26. The number of piperidine rings is 1. The molecule has 5 nitrogen and oxygen atoms in total. The lowest BCUT2D eigenvalue weighted by molar-refractivity contribution is 0.220. The smallest absolute Gasteiger partial charge is 0.160 e. The molecule has 0 saturated carbocycles. The summed E-state index contributed by atoms with van der Waals surface area (Å²) in [6, 6.07) is 14.2. The van der Waals surface area contributed by atoms with Gasteiger partial charge >= 0.3 is 0 Å². The first-order valence-electron chi connectivity index (χ1n) is 11.8. The molecule has 1 saturated heterocycles. The molecule has 0 amide bonds. The number of phenols is 1. The van der Waals surface area contributed by atoms with E-state index < -0.39 is 0 Å². The first-order valence-corrected chi connectivity index (χ1v) is 11.8. The van der Waals surface area contributed by atoms with Crippen molar-refractivity contribution in [2.45, 2.75) is 51.5 Å². The van der Waals surface area contributed by atoms with Gasteiger partial charge in [0.1, 0.15) is 5.75 Å². The van der Waals surface area contributed by atoms with Gasteiger partial charge in [0.25, 0.3) is 0 Å². The molecule has 1 heterocycles. The number of hydrogen-bond donors (Lipinski definition) is 2. The number of likely N-dealkylation sites (tertiary alicyclic amines) is 1. The zero-order chi connectivity index (χ0) is 21.7. The van der Waals surface area contributed by atoms with Gasteiger partial charge in [-0.05, 0) is 100 Å². The fourth-order valence-electron chi connectivity index (χ4n) is 4.08. The number of nitrogens with one attached hydrogen (secondary N) is 1. The predicted octanol–water partition coefficient (Wildman–Crippen LogP) is 4.77. The summed E-state index contributed by atoms with van der Waals surface area (Å²) in [5.74, 6) is 1.73. The average molecular weight is 427 g/mol. The number of nitrogens with zero attached hydrogens (tertiary/aromatic N) is 1. The van der Waals surface area contributed by atoms with Gasteiger partial charge in [0.2, 0.25) is 0 Å². The Morgan fingerprint density at radius 1 is 0.935 bits per heavy atom. The van der Waals surface area contributed by atoms with Crippen molar-refractivity contribution in [3.8, 4) is 17.2 Å². The second-order valence-corrected chi connectivity index (χ2v) is 8.40. The van der Waals surface area contributed by atoms with Crippen LogP contribution in [0.3, 0.4) is 0 Å². The Labute approximate surface area is 187 Å². The molecule has 0 spiro atoms. The van der Waals surface area contributed by atoms with Crippen LogP contribution in [0.15, 0.2) is 42.5 Å². The van der Waals surface area contributed by atoms with E-state index in [1.807, 2.05) is 12.1 Å². The Kier molecular flexibility index (Phi) is 10.00. The molecule has 2 aromatic rings. The summed E-state index contributed by atoms with van der Waals surface area (Å²) in [6.07, 6.45) is 8.27. The predicted molar refractivity (Wildman–Crippen MR) is 126 cm³/mol. The highest BCUT2D eigenvalue weighted by Crippen LogP contribution is 2.26. The number of rotatable bonds is 13. The number of unbranched alkanes of at least 4 members (excludes halogenated alkanes) is 1. The molecule has 0 radical (unpaired) electrons. The van der Waals surface area contributed by atoms with E-state index in [1.165, 1.54) is 43.5 Å². The van der Waals surface area contributed by atoms with Crippen molar-refractivity contribution < 1.29 is 14.6 Å². The van der Waals surface area contributed by atoms with Crippen molar-refractivity contribution in [1.29, 1.82) is 0 Å². The zero-order valence-electron chi connectivity index (χ0n) is 18.9. The monoisotopic (exact) mass is 426 g/mol. The molecule has 31 heavy (non-hydrogen) atoms. The van der Waals surface area contributed by atoms with Crippen LogP contribution in [0.25, 0.3) is 0 Å². The maximum Gasteiger partial charge on any atom is 0.160 e. The van der Waals surface area contributed by atoms with Crippen LogP contribution < -0.4 is 14.8 Å². The summed E-state index contributed by atoms with van der Waals surface area (Å²) in [5, 5.41) is 13.2. The standard InChI is InChI=1S/C26H38N2O3/c1-30-26-20-22(12-13-25(26)29)9-3-4-14-27-15-8-18-31-24-11-7-10-23(19-24)21-28-16-5-2-6-17-28/h7,10-13,19-20,27,29H,2-6,8-9,14-18,21H2,1H3. The minimum Gasteiger partial charge on any atom is -0.504 e. The number of aromatic hydroxyl groups is 1. The number of hydrogen-bond acceptors (Lipinski definition) is 5. The van der Waals surface area contributed by atoms with Gasteiger partial charge in [-0.15, -0.1) is 0 Å². The van der Waals surface area contributed by atoms with Crippen molar-refractivity contribution >= 4 is 0 Å². The van der Waals surface area contributed by atoms with Gasteiger partial charge in [0.15, 0.2) is 11.5 Å². The van der Waals surface area contributed by atoms with Crippen LogP contribution in [0.2, 0.25) is 0 Å². The summed E-state index contributed by atoms with van der Waals surface area (Å²) < 4.78 is 11.1. The van der Waals surface area contributed by atoms with Crippen molar-refractivity contribution in [3.63, 3.8) is 0 Å². The van der Waals surface area contributed by atoms with Crippen molar-refractivity contribution in [2.24, 2.45) is 0 Å². The van der Waals surface area contributed by atoms with Crippen molar-refractivity contribution in [3.05, 3.63) is 53.6 Å². The van der Waals surface area contributed by atoms with Gasteiger partial charge in [0.05, 0.1) is 13.7 Å². The Morgan fingerprint density at radius 3 is 2.61 bits per heavy atom. The van der Waals surface area contributed by atoms with Crippen molar-refractivity contribution in [1.82, 2.24) is 10.2 Å². The molecule has 0 aromatic heterocycles. The van der Waals surface area contributed by atoms with E-state index in [9.17, 15) is 5.11 Å². The Hall–Kier alpha value is -2.24. The number of phenolic OH excluding ortho intramolecular Hbond substituents is 1.